The number of anilines is 1. The van der Waals surface area contributed by atoms with E-state index in [1.807, 2.05) is 24.3 Å². The van der Waals surface area contributed by atoms with Crippen molar-refractivity contribution < 1.29 is 17.9 Å². The highest BCUT2D eigenvalue weighted by Gasteiger charge is 2.37. The molecular formula is C20H21N3O5S. The summed E-state index contributed by atoms with van der Waals surface area (Å²) in [6.07, 6.45) is 0.589. The quantitative estimate of drug-likeness (QED) is 0.710. The SMILES string of the molecule is Cc1ccc(S(=O)(=O)N2CCC(N3C(=O)OCc4ccccc43)CC2)cc1N=O. The number of para-hydroxylation sites is 1. The number of hydrogen-bond donors (Lipinski definition) is 0. The third-order valence-corrected chi connectivity index (χ3v) is 7.40. The lowest BCUT2D eigenvalue weighted by Gasteiger charge is -2.39. The third kappa shape index (κ3) is 3.51. The monoisotopic (exact) mass is 415 g/mol. The second-order valence-electron chi connectivity index (χ2n) is 7.23. The summed E-state index contributed by atoms with van der Waals surface area (Å²) in [5, 5.41) is 2.90. The van der Waals surface area contributed by atoms with E-state index in [-0.39, 0.29) is 36.3 Å². The standard InChI is InChI=1S/C20H21N3O5S/c1-14-6-7-17(12-18(14)21-25)29(26,27)22-10-8-16(9-11-22)23-19-5-3-2-4-15(19)13-28-20(23)24/h2-7,12,16H,8-11,13H2,1H3. The Balaban J connectivity index is 1.53. The van der Waals surface area contributed by atoms with Crippen LogP contribution >= 0.6 is 0 Å². The number of rotatable bonds is 4. The van der Waals surface area contributed by atoms with Gasteiger partial charge in [-0.3, -0.25) is 4.90 Å². The van der Waals surface area contributed by atoms with Crippen LogP contribution in [0.5, 0.6) is 0 Å². The van der Waals surface area contributed by atoms with E-state index in [0.717, 1.165) is 11.3 Å². The number of hydrogen-bond acceptors (Lipinski definition) is 6. The number of sulfonamides is 1. The first-order valence-corrected chi connectivity index (χ1v) is 10.8. The number of aryl methyl sites for hydroxylation is 1. The Bertz CT molecular complexity index is 1060. The highest BCUT2D eigenvalue weighted by atomic mass is 32.2. The number of benzene rings is 2. The van der Waals surface area contributed by atoms with Crippen molar-refractivity contribution in [3.8, 4) is 0 Å². The maximum absolute atomic E-state index is 13.0. The number of nitrogens with zero attached hydrogens (tertiary/aromatic N) is 3. The molecule has 0 bridgehead atoms. The summed E-state index contributed by atoms with van der Waals surface area (Å²) < 4.78 is 32.7. The van der Waals surface area contributed by atoms with Crippen LogP contribution in [0.25, 0.3) is 0 Å². The number of cyclic esters (lactones) is 1. The lowest BCUT2D eigenvalue weighted by Crippen LogP contribution is -2.50. The zero-order valence-electron chi connectivity index (χ0n) is 15.9. The second kappa shape index (κ2) is 7.57. The van der Waals surface area contributed by atoms with Gasteiger partial charge in [0.25, 0.3) is 0 Å². The molecular weight excluding hydrogens is 394 g/mol. The Labute approximate surface area is 169 Å². The van der Waals surface area contributed by atoms with Crippen molar-refractivity contribution in [2.24, 2.45) is 5.18 Å². The summed E-state index contributed by atoms with van der Waals surface area (Å²) in [6.45, 7) is 2.50. The van der Waals surface area contributed by atoms with Gasteiger partial charge >= 0.3 is 6.09 Å². The molecule has 2 aromatic carbocycles. The number of fused-ring (bicyclic) bond motifs is 1. The molecule has 2 aliphatic heterocycles. The van der Waals surface area contributed by atoms with Gasteiger partial charge in [0.05, 0.1) is 10.6 Å². The van der Waals surface area contributed by atoms with E-state index in [1.54, 1.807) is 17.9 Å². The van der Waals surface area contributed by atoms with Gasteiger partial charge in [-0.25, -0.2) is 13.2 Å². The molecule has 0 radical (unpaired) electrons. The fourth-order valence-electron chi connectivity index (χ4n) is 3.86. The number of carbonyl (C=O) groups is 1. The van der Waals surface area contributed by atoms with Crippen LogP contribution in [0, 0.1) is 11.8 Å². The van der Waals surface area contributed by atoms with Gasteiger partial charge in [0.15, 0.2) is 0 Å². The third-order valence-electron chi connectivity index (χ3n) is 5.50. The van der Waals surface area contributed by atoms with Crippen LogP contribution < -0.4 is 4.90 Å². The Hall–Kier alpha value is -2.78. The van der Waals surface area contributed by atoms with Gasteiger partial charge in [0, 0.05) is 24.7 Å². The highest BCUT2D eigenvalue weighted by molar-refractivity contribution is 7.89. The van der Waals surface area contributed by atoms with Crippen LogP contribution in [0.2, 0.25) is 0 Å². The van der Waals surface area contributed by atoms with E-state index >= 15 is 0 Å². The minimum absolute atomic E-state index is 0.0545. The molecule has 152 valence electrons. The van der Waals surface area contributed by atoms with E-state index in [0.29, 0.717) is 18.4 Å². The summed E-state index contributed by atoms with van der Waals surface area (Å²) in [4.78, 5) is 25.0. The van der Waals surface area contributed by atoms with Crippen LogP contribution in [0.1, 0.15) is 24.0 Å². The Morgan fingerprint density at radius 2 is 1.83 bits per heavy atom. The van der Waals surface area contributed by atoms with Crippen LogP contribution in [0.3, 0.4) is 0 Å². The Kier molecular flexibility index (Phi) is 5.10. The predicted molar refractivity (Wildman–Crippen MR) is 108 cm³/mol. The molecule has 0 unspecified atom stereocenters. The van der Waals surface area contributed by atoms with E-state index in [2.05, 4.69) is 5.18 Å². The van der Waals surface area contributed by atoms with Gasteiger partial charge in [-0.1, -0.05) is 24.3 Å². The Morgan fingerprint density at radius 1 is 1.10 bits per heavy atom. The molecule has 0 spiro atoms. The van der Waals surface area contributed by atoms with Gasteiger partial charge in [-0.15, -0.1) is 4.91 Å². The second-order valence-corrected chi connectivity index (χ2v) is 9.17. The first-order chi connectivity index (χ1) is 13.9. The maximum atomic E-state index is 13.0. The molecule has 1 saturated heterocycles. The fraction of sp³-hybridized carbons (Fsp3) is 0.350. The maximum Gasteiger partial charge on any atom is 0.414 e. The average Bonchev–Trinajstić information content (AvgIpc) is 2.74. The molecule has 0 atom stereocenters. The summed E-state index contributed by atoms with van der Waals surface area (Å²) in [7, 11) is -3.74. The van der Waals surface area contributed by atoms with E-state index in [1.165, 1.54) is 16.4 Å². The van der Waals surface area contributed by atoms with Gasteiger partial charge in [0.2, 0.25) is 10.0 Å². The number of nitroso groups, excluding NO2 is 1. The van der Waals surface area contributed by atoms with Crippen molar-refractivity contribution >= 4 is 27.5 Å². The molecule has 9 heteroatoms. The van der Waals surface area contributed by atoms with Crippen molar-refractivity contribution in [1.82, 2.24) is 4.31 Å². The van der Waals surface area contributed by atoms with Crippen molar-refractivity contribution in [1.29, 1.82) is 0 Å². The summed E-state index contributed by atoms with van der Waals surface area (Å²) in [5.41, 5.74) is 2.51. The number of carbonyl (C=O) groups excluding carboxylic acids is 1. The van der Waals surface area contributed by atoms with Crippen LogP contribution in [-0.2, 0) is 21.4 Å². The van der Waals surface area contributed by atoms with Crippen LogP contribution in [0.4, 0.5) is 16.2 Å². The summed E-state index contributed by atoms with van der Waals surface area (Å²) >= 11 is 0. The molecule has 8 nitrogen and oxygen atoms in total. The minimum atomic E-state index is -3.74. The lowest BCUT2D eigenvalue weighted by molar-refractivity contribution is 0.136. The van der Waals surface area contributed by atoms with E-state index < -0.39 is 16.1 Å². The van der Waals surface area contributed by atoms with Gasteiger partial charge in [0.1, 0.15) is 12.3 Å². The predicted octanol–water partition coefficient (Wildman–Crippen LogP) is 3.70. The smallest absolute Gasteiger partial charge is 0.414 e. The largest absolute Gasteiger partial charge is 0.444 e. The lowest BCUT2D eigenvalue weighted by atomic mass is 10.0. The van der Waals surface area contributed by atoms with Gasteiger partial charge < -0.3 is 4.74 Å². The molecule has 2 heterocycles. The Morgan fingerprint density at radius 3 is 2.55 bits per heavy atom. The molecule has 0 aliphatic carbocycles. The normalized spacial score (nSPS) is 18.2. The number of ether oxygens (including phenoxy) is 1. The molecule has 0 aromatic heterocycles. The van der Waals surface area contributed by atoms with Crippen molar-refractivity contribution in [2.75, 3.05) is 18.0 Å². The van der Waals surface area contributed by atoms with E-state index in [9.17, 15) is 18.1 Å². The zero-order chi connectivity index (χ0) is 20.6. The molecule has 0 N–H and O–H groups in total. The highest BCUT2D eigenvalue weighted by Crippen LogP contribution is 2.33. The number of amides is 1. The van der Waals surface area contributed by atoms with Crippen molar-refractivity contribution in [2.45, 2.75) is 37.3 Å². The van der Waals surface area contributed by atoms with Gasteiger partial charge in [-0.05, 0) is 48.7 Å². The van der Waals surface area contributed by atoms with E-state index in [4.69, 9.17) is 4.74 Å². The fourth-order valence-corrected chi connectivity index (χ4v) is 5.35. The molecule has 4 rings (SSSR count). The zero-order valence-corrected chi connectivity index (χ0v) is 16.8. The average molecular weight is 415 g/mol. The number of piperidine rings is 1. The topological polar surface area (TPSA) is 96.3 Å². The minimum Gasteiger partial charge on any atom is -0.444 e. The van der Waals surface area contributed by atoms with Gasteiger partial charge in [-0.2, -0.15) is 4.31 Å². The first-order valence-electron chi connectivity index (χ1n) is 9.40. The molecule has 2 aromatic rings. The van der Waals surface area contributed by atoms with Crippen LogP contribution in [-0.4, -0.2) is 37.9 Å². The molecule has 1 fully saturated rings. The molecule has 1 amide bonds. The molecule has 0 saturated carbocycles. The molecule has 2 aliphatic rings. The summed E-state index contributed by atoms with van der Waals surface area (Å²) in [6, 6.07) is 11.8. The summed E-state index contributed by atoms with van der Waals surface area (Å²) in [5.74, 6) is 0. The molecule has 29 heavy (non-hydrogen) atoms. The van der Waals surface area contributed by atoms with Crippen molar-refractivity contribution in [3.63, 3.8) is 0 Å². The van der Waals surface area contributed by atoms with Crippen molar-refractivity contribution in [3.05, 3.63) is 58.5 Å². The first kappa shape index (κ1) is 19.5. The van der Waals surface area contributed by atoms with Crippen LogP contribution in [0.15, 0.2) is 52.5 Å².